The maximum atomic E-state index is 14.6. The fraction of sp³-hybridized carbons (Fsp3) is 0.379. The second kappa shape index (κ2) is 11.0. The third kappa shape index (κ3) is 4.88. The van der Waals surface area contributed by atoms with Gasteiger partial charge in [0.25, 0.3) is 11.8 Å². The Hall–Kier alpha value is -4.03. The number of hydrogen-bond acceptors (Lipinski definition) is 6. The monoisotopic (exact) mass is 598 g/mol. The third-order valence-corrected chi connectivity index (χ3v) is 8.76. The summed E-state index contributed by atoms with van der Waals surface area (Å²) in [5, 5.41) is 6.14. The standard InChI is InChI=1S/C29H29ClF2N6O4/c1-36-21(17-5-6-22(42-2)25(32)24(17)31)14-34-26(36)27(39)35-15-3-4-16(20(30)11-15)28(40)37-7-9-38(10-8-37)29(41)23-18-12-33-13-19(18)23/h3-6,11,14,18-19,23,33H,7-10,12-13H2,1-2H3,(H,35,39)/t18-,19?,23?/m1/s1. The minimum absolute atomic E-state index is 0.0459. The topological polar surface area (TPSA) is 109 Å². The molecule has 1 aromatic heterocycles. The molecule has 1 aliphatic carbocycles. The molecule has 0 spiro atoms. The highest BCUT2D eigenvalue weighted by molar-refractivity contribution is 6.34. The number of halogens is 3. The third-order valence-electron chi connectivity index (χ3n) is 8.45. The number of fused-ring (bicyclic) bond motifs is 1. The van der Waals surface area contributed by atoms with E-state index >= 15 is 0 Å². The van der Waals surface area contributed by atoms with Crippen LogP contribution in [0.25, 0.3) is 11.3 Å². The van der Waals surface area contributed by atoms with E-state index < -0.39 is 17.5 Å². The van der Waals surface area contributed by atoms with Crippen molar-refractivity contribution in [3.05, 3.63) is 64.6 Å². The van der Waals surface area contributed by atoms with E-state index in [0.29, 0.717) is 43.7 Å². The second-order valence-electron chi connectivity index (χ2n) is 10.7. The number of anilines is 1. The van der Waals surface area contributed by atoms with Crippen molar-refractivity contribution in [1.29, 1.82) is 0 Å². The predicted molar refractivity (Wildman–Crippen MR) is 150 cm³/mol. The van der Waals surface area contributed by atoms with Crippen LogP contribution in [0.4, 0.5) is 14.5 Å². The van der Waals surface area contributed by atoms with Gasteiger partial charge >= 0.3 is 0 Å². The number of piperazine rings is 1. The van der Waals surface area contributed by atoms with Crippen molar-refractivity contribution in [1.82, 2.24) is 24.7 Å². The molecule has 2 saturated heterocycles. The van der Waals surface area contributed by atoms with Crippen LogP contribution in [-0.2, 0) is 11.8 Å². The molecule has 0 radical (unpaired) electrons. The molecule has 42 heavy (non-hydrogen) atoms. The highest BCUT2D eigenvalue weighted by Gasteiger charge is 2.58. The van der Waals surface area contributed by atoms with Crippen molar-refractivity contribution >= 4 is 35.0 Å². The van der Waals surface area contributed by atoms with Crippen LogP contribution in [0.3, 0.4) is 0 Å². The molecule has 3 atom stereocenters. The molecule has 3 heterocycles. The maximum Gasteiger partial charge on any atom is 0.291 e. The molecule has 2 aliphatic heterocycles. The van der Waals surface area contributed by atoms with Crippen LogP contribution < -0.4 is 15.4 Å². The average Bonchev–Trinajstić information content (AvgIpc) is 3.26. The summed E-state index contributed by atoms with van der Waals surface area (Å²) < 4.78 is 35.0. The zero-order chi connectivity index (χ0) is 29.7. The Labute approximate surface area is 245 Å². The average molecular weight is 599 g/mol. The number of carbonyl (C=O) groups is 3. The fourth-order valence-electron chi connectivity index (χ4n) is 6.01. The Kier molecular flexibility index (Phi) is 7.36. The molecule has 6 rings (SSSR count). The Morgan fingerprint density at radius 3 is 2.38 bits per heavy atom. The van der Waals surface area contributed by atoms with Gasteiger partial charge in [-0.1, -0.05) is 11.6 Å². The highest BCUT2D eigenvalue weighted by atomic mass is 35.5. The number of amides is 3. The van der Waals surface area contributed by atoms with Crippen molar-refractivity contribution < 1.29 is 27.9 Å². The quantitative estimate of drug-likeness (QED) is 0.452. The molecule has 220 valence electrons. The number of imidazole rings is 1. The molecular formula is C29H29ClF2N6O4. The number of benzene rings is 2. The Morgan fingerprint density at radius 2 is 1.71 bits per heavy atom. The molecule has 3 amide bonds. The molecular weight excluding hydrogens is 570 g/mol. The molecule has 3 fully saturated rings. The van der Waals surface area contributed by atoms with Gasteiger partial charge in [0.05, 0.1) is 29.6 Å². The van der Waals surface area contributed by atoms with Gasteiger partial charge in [0.1, 0.15) is 0 Å². The number of ether oxygens (including phenoxy) is 1. The lowest BCUT2D eigenvalue weighted by Gasteiger charge is -2.35. The van der Waals surface area contributed by atoms with Crippen LogP contribution in [0.1, 0.15) is 21.0 Å². The molecule has 2 aromatic carbocycles. The van der Waals surface area contributed by atoms with E-state index in [1.54, 1.807) is 11.0 Å². The lowest BCUT2D eigenvalue weighted by Crippen LogP contribution is -2.51. The van der Waals surface area contributed by atoms with E-state index in [1.165, 1.54) is 49.2 Å². The summed E-state index contributed by atoms with van der Waals surface area (Å²) in [6, 6.07) is 7.20. The molecule has 2 N–H and O–H groups in total. The summed E-state index contributed by atoms with van der Waals surface area (Å²) >= 11 is 6.45. The Bertz CT molecular complexity index is 1580. The smallest absolute Gasteiger partial charge is 0.291 e. The van der Waals surface area contributed by atoms with Gasteiger partial charge in [-0.05, 0) is 55.3 Å². The highest BCUT2D eigenvalue weighted by Crippen LogP contribution is 2.49. The number of hydrogen-bond donors (Lipinski definition) is 2. The van der Waals surface area contributed by atoms with Crippen molar-refractivity contribution in [2.75, 3.05) is 51.7 Å². The van der Waals surface area contributed by atoms with Gasteiger partial charge in [-0.2, -0.15) is 4.39 Å². The Morgan fingerprint density at radius 1 is 1.02 bits per heavy atom. The number of nitrogens with one attached hydrogen (secondary N) is 2. The van der Waals surface area contributed by atoms with Crippen molar-refractivity contribution in [2.24, 2.45) is 24.8 Å². The number of aromatic nitrogens is 2. The summed E-state index contributed by atoms with van der Waals surface area (Å²) in [5.41, 5.74) is 0.726. The SMILES string of the molecule is COc1ccc(-c2cnc(C(=O)Nc3ccc(C(=O)N4CCN(C(=O)C5C6CNC[C@H]65)CC4)c(Cl)c3)n2C)c(F)c1F. The normalized spacial score (nSPS) is 21.2. The zero-order valence-electron chi connectivity index (χ0n) is 23.0. The largest absolute Gasteiger partial charge is 0.494 e. The number of nitrogens with zero attached hydrogens (tertiary/aromatic N) is 4. The van der Waals surface area contributed by atoms with Crippen LogP contribution in [0.5, 0.6) is 5.75 Å². The zero-order valence-corrected chi connectivity index (χ0v) is 23.8. The fourth-order valence-corrected chi connectivity index (χ4v) is 6.27. The molecule has 1 saturated carbocycles. The van der Waals surface area contributed by atoms with Crippen molar-refractivity contribution in [3.8, 4) is 17.0 Å². The van der Waals surface area contributed by atoms with Crippen LogP contribution in [-0.4, -0.2) is 83.5 Å². The molecule has 0 bridgehead atoms. The first-order valence-corrected chi connectivity index (χ1v) is 14.0. The van der Waals surface area contributed by atoms with Gasteiger partial charge in [0.2, 0.25) is 11.7 Å². The summed E-state index contributed by atoms with van der Waals surface area (Å²) in [7, 11) is 2.74. The van der Waals surface area contributed by atoms with E-state index in [1.807, 2.05) is 4.90 Å². The molecule has 2 unspecified atom stereocenters. The number of piperidine rings is 1. The van der Waals surface area contributed by atoms with Crippen LogP contribution in [0.2, 0.25) is 5.02 Å². The number of carbonyl (C=O) groups excluding carboxylic acids is 3. The van der Waals surface area contributed by atoms with Crippen LogP contribution in [0.15, 0.2) is 36.5 Å². The van der Waals surface area contributed by atoms with E-state index in [4.69, 9.17) is 16.3 Å². The molecule has 3 aromatic rings. The van der Waals surface area contributed by atoms with Gasteiger partial charge < -0.3 is 29.7 Å². The van der Waals surface area contributed by atoms with Gasteiger partial charge in [0.15, 0.2) is 17.4 Å². The summed E-state index contributed by atoms with van der Waals surface area (Å²) in [6.07, 6.45) is 1.27. The first-order valence-electron chi connectivity index (χ1n) is 13.6. The van der Waals surface area contributed by atoms with E-state index in [2.05, 4.69) is 15.6 Å². The van der Waals surface area contributed by atoms with Gasteiger partial charge in [-0.15, -0.1) is 0 Å². The van der Waals surface area contributed by atoms with Gasteiger partial charge in [0, 0.05) is 50.4 Å². The Balaban J connectivity index is 1.09. The molecule has 3 aliphatic rings. The van der Waals surface area contributed by atoms with E-state index in [-0.39, 0.29) is 51.1 Å². The summed E-state index contributed by atoms with van der Waals surface area (Å²) in [5.74, 6) is -2.17. The summed E-state index contributed by atoms with van der Waals surface area (Å²) in [6.45, 7) is 3.61. The minimum Gasteiger partial charge on any atom is -0.494 e. The second-order valence-corrected chi connectivity index (χ2v) is 11.2. The van der Waals surface area contributed by atoms with Gasteiger partial charge in [-0.3, -0.25) is 14.4 Å². The van der Waals surface area contributed by atoms with E-state index in [0.717, 1.165) is 13.1 Å². The van der Waals surface area contributed by atoms with Crippen LogP contribution >= 0.6 is 11.6 Å². The minimum atomic E-state index is -1.14. The van der Waals surface area contributed by atoms with E-state index in [9.17, 15) is 23.2 Å². The maximum absolute atomic E-state index is 14.6. The van der Waals surface area contributed by atoms with Crippen molar-refractivity contribution in [3.63, 3.8) is 0 Å². The molecule has 10 nitrogen and oxygen atoms in total. The molecule has 13 heteroatoms. The lowest BCUT2D eigenvalue weighted by molar-refractivity contribution is -0.134. The first-order chi connectivity index (χ1) is 20.2. The number of methoxy groups -OCH3 is 1. The first kappa shape index (κ1) is 28.1. The van der Waals surface area contributed by atoms with Crippen LogP contribution in [0, 0.1) is 29.4 Å². The predicted octanol–water partition coefficient (Wildman–Crippen LogP) is 3.03. The number of rotatable bonds is 6. The lowest BCUT2D eigenvalue weighted by atomic mass is 10.1. The van der Waals surface area contributed by atoms with Crippen molar-refractivity contribution in [2.45, 2.75) is 0 Å². The summed E-state index contributed by atoms with van der Waals surface area (Å²) in [4.78, 5) is 46.6. The van der Waals surface area contributed by atoms with Gasteiger partial charge in [-0.25, -0.2) is 9.37 Å².